The minimum atomic E-state index is -0.140. The van der Waals surface area contributed by atoms with Crippen LogP contribution >= 0.6 is 27.5 Å². The van der Waals surface area contributed by atoms with E-state index < -0.39 is 0 Å². The van der Waals surface area contributed by atoms with Gasteiger partial charge >= 0.3 is 0 Å². The smallest absolute Gasteiger partial charge is 0.266 e. The van der Waals surface area contributed by atoms with Crippen LogP contribution in [0.25, 0.3) is 28.7 Å². The number of aromatic nitrogens is 2. The van der Waals surface area contributed by atoms with E-state index in [2.05, 4.69) is 15.9 Å². The maximum absolute atomic E-state index is 13.2. The van der Waals surface area contributed by atoms with E-state index in [1.54, 1.807) is 42.0 Å². The number of hydrogen-bond donors (Lipinski definition) is 0. The molecule has 4 rings (SSSR count). The van der Waals surface area contributed by atoms with E-state index in [0.717, 1.165) is 15.8 Å². The van der Waals surface area contributed by atoms with Gasteiger partial charge in [0, 0.05) is 15.1 Å². The summed E-state index contributed by atoms with van der Waals surface area (Å²) in [6.07, 6.45) is 3.69. The molecule has 0 aliphatic heterocycles. The Balaban J connectivity index is 1.94. The van der Waals surface area contributed by atoms with E-state index in [-0.39, 0.29) is 5.56 Å². The number of ether oxygens (including phenoxy) is 1. The molecule has 0 saturated heterocycles. The van der Waals surface area contributed by atoms with Crippen molar-refractivity contribution in [3.63, 3.8) is 0 Å². The first-order valence-corrected chi connectivity index (χ1v) is 10.0. The largest absolute Gasteiger partial charge is 0.496 e. The number of methoxy groups -OCH3 is 1. The number of benzene rings is 3. The number of hydrogen-bond acceptors (Lipinski definition) is 3. The standard InChI is InChI=1S/C23H16BrClN2O2/c1-29-21-12-7-16(24)14-15(21)6-13-22-26-20-5-3-2-4-19(20)23(28)27(22)18-10-8-17(25)9-11-18/h2-14H,1H3/b13-6+. The van der Waals surface area contributed by atoms with Gasteiger partial charge in [-0.1, -0.05) is 39.7 Å². The normalized spacial score (nSPS) is 11.3. The van der Waals surface area contributed by atoms with Gasteiger partial charge in [-0.3, -0.25) is 9.36 Å². The summed E-state index contributed by atoms with van der Waals surface area (Å²) in [5.74, 6) is 1.24. The van der Waals surface area contributed by atoms with Gasteiger partial charge in [-0.15, -0.1) is 0 Å². The number of rotatable bonds is 4. The third-order valence-corrected chi connectivity index (χ3v) is 5.24. The van der Waals surface area contributed by atoms with Crippen LogP contribution in [-0.4, -0.2) is 16.7 Å². The Morgan fingerprint density at radius 2 is 1.79 bits per heavy atom. The summed E-state index contributed by atoms with van der Waals surface area (Å²) >= 11 is 9.51. The molecule has 1 heterocycles. The maximum atomic E-state index is 13.2. The van der Waals surface area contributed by atoms with Gasteiger partial charge in [-0.25, -0.2) is 4.98 Å². The molecule has 0 unspecified atom stereocenters. The van der Waals surface area contributed by atoms with Crippen molar-refractivity contribution in [2.45, 2.75) is 0 Å². The topological polar surface area (TPSA) is 44.1 Å². The van der Waals surface area contributed by atoms with Crippen LogP contribution in [0, 0.1) is 0 Å². The van der Waals surface area contributed by atoms with Crippen molar-refractivity contribution in [3.8, 4) is 11.4 Å². The minimum absolute atomic E-state index is 0.140. The Bertz CT molecular complexity index is 1280. The van der Waals surface area contributed by atoms with E-state index in [0.29, 0.717) is 27.4 Å². The van der Waals surface area contributed by atoms with Crippen molar-refractivity contribution in [2.24, 2.45) is 0 Å². The molecule has 0 fully saturated rings. The highest BCUT2D eigenvalue weighted by Crippen LogP contribution is 2.25. The SMILES string of the molecule is COc1ccc(Br)cc1/C=C/c1nc2ccccc2c(=O)n1-c1ccc(Cl)cc1. The lowest BCUT2D eigenvalue weighted by Crippen LogP contribution is -2.22. The van der Waals surface area contributed by atoms with Crippen molar-refractivity contribution in [2.75, 3.05) is 7.11 Å². The molecular formula is C23H16BrClN2O2. The fourth-order valence-electron chi connectivity index (χ4n) is 3.10. The first-order chi connectivity index (χ1) is 14.1. The molecule has 0 amide bonds. The fraction of sp³-hybridized carbons (Fsp3) is 0.0435. The van der Waals surface area contributed by atoms with Crippen LogP contribution in [0.1, 0.15) is 11.4 Å². The number of halogens is 2. The molecule has 144 valence electrons. The molecule has 6 heteroatoms. The zero-order valence-electron chi connectivity index (χ0n) is 15.5. The molecule has 0 bridgehead atoms. The second-order valence-electron chi connectivity index (χ2n) is 6.32. The summed E-state index contributed by atoms with van der Waals surface area (Å²) in [5.41, 5.74) is 2.06. The predicted octanol–water partition coefficient (Wildman–Crippen LogP) is 5.98. The van der Waals surface area contributed by atoms with E-state index >= 15 is 0 Å². The van der Waals surface area contributed by atoms with Gasteiger partial charge in [0.25, 0.3) is 5.56 Å². The lowest BCUT2D eigenvalue weighted by Gasteiger charge is -2.12. The molecule has 29 heavy (non-hydrogen) atoms. The van der Waals surface area contributed by atoms with Crippen molar-refractivity contribution in [1.82, 2.24) is 9.55 Å². The molecule has 0 radical (unpaired) electrons. The first kappa shape index (κ1) is 19.4. The van der Waals surface area contributed by atoms with Crippen LogP contribution in [-0.2, 0) is 0 Å². The van der Waals surface area contributed by atoms with Crippen LogP contribution in [0.5, 0.6) is 5.75 Å². The Hall–Kier alpha value is -2.89. The van der Waals surface area contributed by atoms with Gasteiger partial charge in [0.15, 0.2) is 0 Å². The second kappa shape index (κ2) is 8.23. The van der Waals surface area contributed by atoms with Crippen LogP contribution < -0.4 is 10.3 Å². The van der Waals surface area contributed by atoms with Crippen LogP contribution in [0.2, 0.25) is 5.02 Å². The molecule has 0 N–H and O–H groups in total. The average Bonchev–Trinajstić information content (AvgIpc) is 2.73. The quantitative estimate of drug-likeness (QED) is 0.371. The molecule has 0 atom stereocenters. The molecule has 0 saturated carbocycles. The predicted molar refractivity (Wildman–Crippen MR) is 122 cm³/mol. The van der Waals surface area contributed by atoms with E-state index in [9.17, 15) is 4.79 Å². The van der Waals surface area contributed by atoms with Crippen molar-refractivity contribution in [1.29, 1.82) is 0 Å². The van der Waals surface area contributed by atoms with Gasteiger partial charge in [0.2, 0.25) is 0 Å². The molecular weight excluding hydrogens is 452 g/mol. The average molecular weight is 468 g/mol. The molecule has 4 nitrogen and oxygen atoms in total. The van der Waals surface area contributed by atoms with Crippen molar-refractivity contribution in [3.05, 3.63) is 98.0 Å². The van der Waals surface area contributed by atoms with Gasteiger partial charge in [-0.05, 0) is 66.7 Å². The van der Waals surface area contributed by atoms with Crippen molar-refractivity contribution < 1.29 is 4.74 Å². The highest BCUT2D eigenvalue weighted by Gasteiger charge is 2.11. The van der Waals surface area contributed by atoms with Crippen LogP contribution in [0.15, 0.2) is 76.0 Å². The first-order valence-electron chi connectivity index (χ1n) is 8.86. The van der Waals surface area contributed by atoms with E-state index in [4.69, 9.17) is 21.3 Å². The molecule has 0 aliphatic rings. The van der Waals surface area contributed by atoms with Gasteiger partial charge in [0.05, 0.1) is 23.7 Å². The summed E-state index contributed by atoms with van der Waals surface area (Å²) in [7, 11) is 1.62. The summed E-state index contributed by atoms with van der Waals surface area (Å²) < 4.78 is 7.95. The summed E-state index contributed by atoms with van der Waals surface area (Å²) in [6.45, 7) is 0. The van der Waals surface area contributed by atoms with E-state index in [1.165, 1.54) is 0 Å². The summed E-state index contributed by atoms with van der Waals surface area (Å²) in [4.78, 5) is 18.0. The van der Waals surface area contributed by atoms with E-state index in [1.807, 2.05) is 48.6 Å². The Morgan fingerprint density at radius 3 is 2.55 bits per heavy atom. The monoisotopic (exact) mass is 466 g/mol. The number of para-hydroxylation sites is 1. The molecule has 0 spiro atoms. The fourth-order valence-corrected chi connectivity index (χ4v) is 3.61. The number of nitrogens with zero attached hydrogens (tertiary/aromatic N) is 2. The third kappa shape index (κ3) is 3.97. The Morgan fingerprint density at radius 1 is 1.03 bits per heavy atom. The highest BCUT2D eigenvalue weighted by atomic mass is 79.9. The summed E-state index contributed by atoms with van der Waals surface area (Å²) in [5, 5.41) is 1.16. The third-order valence-electron chi connectivity index (χ3n) is 4.49. The molecule has 3 aromatic carbocycles. The molecule has 4 aromatic rings. The Labute approximate surface area is 181 Å². The lowest BCUT2D eigenvalue weighted by atomic mass is 10.1. The second-order valence-corrected chi connectivity index (χ2v) is 7.68. The Kier molecular flexibility index (Phi) is 5.51. The lowest BCUT2D eigenvalue weighted by molar-refractivity contribution is 0.414. The maximum Gasteiger partial charge on any atom is 0.266 e. The van der Waals surface area contributed by atoms with Crippen LogP contribution in [0.3, 0.4) is 0 Å². The zero-order chi connectivity index (χ0) is 20.4. The minimum Gasteiger partial charge on any atom is -0.496 e. The van der Waals surface area contributed by atoms with Crippen LogP contribution in [0.4, 0.5) is 0 Å². The summed E-state index contributed by atoms with van der Waals surface area (Å²) in [6, 6.07) is 20.2. The van der Waals surface area contributed by atoms with Gasteiger partial charge in [-0.2, -0.15) is 0 Å². The molecule has 0 aliphatic carbocycles. The number of fused-ring (bicyclic) bond motifs is 1. The van der Waals surface area contributed by atoms with Gasteiger partial charge < -0.3 is 4.74 Å². The van der Waals surface area contributed by atoms with Gasteiger partial charge in [0.1, 0.15) is 11.6 Å². The highest BCUT2D eigenvalue weighted by molar-refractivity contribution is 9.10. The zero-order valence-corrected chi connectivity index (χ0v) is 17.8. The van der Waals surface area contributed by atoms with Crippen molar-refractivity contribution >= 4 is 50.6 Å². The molecule has 1 aromatic heterocycles.